The van der Waals surface area contributed by atoms with Crippen LogP contribution in [0.5, 0.6) is 0 Å². The molecule has 2 heterocycles. The Kier molecular flexibility index (Phi) is 5.70. The van der Waals surface area contributed by atoms with Crippen LogP contribution in [0.1, 0.15) is 72.1 Å². The van der Waals surface area contributed by atoms with Gasteiger partial charge in [-0.15, -0.1) is 0 Å². The van der Waals surface area contributed by atoms with Crippen molar-refractivity contribution >= 4 is 0 Å². The number of likely N-dealkylation sites (tertiary alicyclic amines) is 1. The maximum Gasteiger partial charge on any atom is 0.0179 e. The summed E-state index contributed by atoms with van der Waals surface area (Å²) in [5.41, 5.74) is 0.493. The third kappa shape index (κ3) is 4.19. The number of hydrogen-bond acceptors (Lipinski definition) is 2. The molecule has 1 atom stereocenters. The maximum absolute atomic E-state index is 3.84. The molecule has 2 saturated heterocycles. The molecule has 1 N–H and O–H groups in total. The molecule has 0 radical (unpaired) electrons. The van der Waals surface area contributed by atoms with E-state index in [0.29, 0.717) is 5.54 Å². The number of nitrogens with zero attached hydrogens (tertiary/aromatic N) is 1. The van der Waals surface area contributed by atoms with Crippen LogP contribution in [-0.2, 0) is 0 Å². The summed E-state index contributed by atoms with van der Waals surface area (Å²) in [5.74, 6) is 0.988. The van der Waals surface area contributed by atoms with Gasteiger partial charge in [0.2, 0.25) is 0 Å². The molecule has 0 amide bonds. The number of piperidine rings is 2. The van der Waals surface area contributed by atoms with E-state index in [1.165, 1.54) is 71.0 Å². The van der Waals surface area contributed by atoms with E-state index < -0.39 is 0 Å². The van der Waals surface area contributed by atoms with Crippen LogP contribution in [0.4, 0.5) is 0 Å². The fourth-order valence-corrected chi connectivity index (χ4v) is 3.96. The molecule has 2 heteroatoms. The summed E-state index contributed by atoms with van der Waals surface area (Å²) in [6.45, 7) is 10.9. The average Bonchev–Trinajstić information content (AvgIpc) is 2.46. The molecule has 0 aromatic carbocycles. The zero-order valence-electron chi connectivity index (χ0n) is 13.4. The van der Waals surface area contributed by atoms with E-state index in [1.54, 1.807) is 0 Å². The van der Waals surface area contributed by atoms with Gasteiger partial charge in [-0.3, -0.25) is 0 Å². The van der Waals surface area contributed by atoms with Gasteiger partial charge in [-0.05, 0) is 84.3 Å². The Morgan fingerprint density at radius 2 is 1.95 bits per heavy atom. The molecule has 2 nitrogen and oxygen atoms in total. The van der Waals surface area contributed by atoms with Crippen LogP contribution in [0.25, 0.3) is 0 Å². The van der Waals surface area contributed by atoms with Crippen molar-refractivity contribution in [1.29, 1.82) is 0 Å². The second kappa shape index (κ2) is 7.08. The van der Waals surface area contributed by atoms with Crippen molar-refractivity contribution in [2.24, 2.45) is 5.92 Å². The Balaban J connectivity index is 1.73. The van der Waals surface area contributed by atoms with Crippen molar-refractivity contribution < 1.29 is 0 Å². The summed E-state index contributed by atoms with van der Waals surface area (Å²) in [6, 6.07) is 0.739. The van der Waals surface area contributed by atoms with Crippen LogP contribution < -0.4 is 5.32 Å². The highest BCUT2D eigenvalue weighted by Crippen LogP contribution is 2.32. The molecule has 1 unspecified atom stereocenters. The quantitative estimate of drug-likeness (QED) is 0.814. The van der Waals surface area contributed by atoms with Gasteiger partial charge in [0, 0.05) is 11.6 Å². The van der Waals surface area contributed by atoms with Gasteiger partial charge in [-0.2, -0.15) is 0 Å². The van der Waals surface area contributed by atoms with Crippen LogP contribution in [0, 0.1) is 5.92 Å². The predicted molar refractivity (Wildman–Crippen MR) is 83.5 cm³/mol. The Hall–Kier alpha value is -0.0800. The Bertz CT molecular complexity index is 248. The minimum absolute atomic E-state index is 0.493. The highest BCUT2D eigenvalue weighted by molar-refractivity contribution is 4.90. The van der Waals surface area contributed by atoms with Gasteiger partial charge in [0.1, 0.15) is 0 Å². The summed E-state index contributed by atoms with van der Waals surface area (Å²) in [5, 5.41) is 3.84. The van der Waals surface area contributed by atoms with E-state index in [9.17, 15) is 0 Å². The van der Waals surface area contributed by atoms with E-state index >= 15 is 0 Å². The normalized spacial score (nSPS) is 30.9. The van der Waals surface area contributed by atoms with Gasteiger partial charge < -0.3 is 10.2 Å². The van der Waals surface area contributed by atoms with Crippen LogP contribution in [0.2, 0.25) is 0 Å². The van der Waals surface area contributed by atoms with Crippen LogP contribution >= 0.6 is 0 Å². The third-order valence-corrected chi connectivity index (χ3v) is 5.67. The number of hydrogen-bond donors (Lipinski definition) is 1. The largest absolute Gasteiger partial charge is 0.311 e. The molecule has 0 spiro atoms. The van der Waals surface area contributed by atoms with Gasteiger partial charge in [-0.25, -0.2) is 0 Å². The highest BCUT2D eigenvalue weighted by atomic mass is 15.1. The van der Waals surface area contributed by atoms with Crippen molar-refractivity contribution in [1.82, 2.24) is 10.2 Å². The monoisotopic (exact) mass is 266 g/mol. The number of rotatable bonds is 5. The zero-order valence-corrected chi connectivity index (χ0v) is 13.4. The Morgan fingerprint density at radius 3 is 2.47 bits per heavy atom. The van der Waals surface area contributed by atoms with Crippen LogP contribution in [-0.4, -0.2) is 36.1 Å². The van der Waals surface area contributed by atoms with Gasteiger partial charge in [0.25, 0.3) is 0 Å². The predicted octanol–water partition coefficient (Wildman–Crippen LogP) is 3.81. The van der Waals surface area contributed by atoms with E-state index in [0.717, 1.165) is 12.0 Å². The lowest BCUT2D eigenvalue weighted by Gasteiger charge is -2.40. The molecule has 2 fully saturated rings. The van der Waals surface area contributed by atoms with Gasteiger partial charge in [-0.1, -0.05) is 13.3 Å². The summed E-state index contributed by atoms with van der Waals surface area (Å²) >= 11 is 0. The second-order valence-electron chi connectivity index (χ2n) is 7.13. The standard InChI is InChI=1S/C17H34N2/c1-4-17(10-5-6-12-18-17)11-7-16-8-13-19(14-9-16)15(2)3/h15-16,18H,4-14H2,1-3H3. The molecule has 19 heavy (non-hydrogen) atoms. The third-order valence-electron chi connectivity index (χ3n) is 5.67. The topological polar surface area (TPSA) is 15.3 Å². The lowest BCUT2D eigenvalue weighted by Crippen LogP contribution is -2.48. The van der Waals surface area contributed by atoms with E-state index in [4.69, 9.17) is 0 Å². The number of nitrogens with one attached hydrogen (secondary N) is 1. The lowest BCUT2D eigenvalue weighted by molar-refractivity contribution is 0.132. The van der Waals surface area contributed by atoms with Crippen molar-refractivity contribution in [2.45, 2.75) is 83.7 Å². The van der Waals surface area contributed by atoms with Crippen molar-refractivity contribution in [3.63, 3.8) is 0 Å². The Labute approximate surface area is 120 Å². The van der Waals surface area contributed by atoms with Crippen LogP contribution in [0.3, 0.4) is 0 Å². The summed E-state index contributed by atoms with van der Waals surface area (Å²) < 4.78 is 0. The summed E-state index contributed by atoms with van der Waals surface area (Å²) in [6.07, 6.45) is 11.3. The first-order valence-electron chi connectivity index (χ1n) is 8.64. The molecule has 0 aliphatic carbocycles. The first kappa shape index (κ1) is 15.3. The van der Waals surface area contributed by atoms with Crippen molar-refractivity contribution in [2.75, 3.05) is 19.6 Å². The molecular formula is C17H34N2. The fraction of sp³-hybridized carbons (Fsp3) is 1.00. The minimum atomic E-state index is 0.493. The SMILES string of the molecule is CCC1(CCC2CCN(C(C)C)CC2)CCCCN1. The first-order valence-corrected chi connectivity index (χ1v) is 8.64. The van der Waals surface area contributed by atoms with Crippen molar-refractivity contribution in [3.05, 3.63) is 0 Å². The highest BCUT2D eigenvalue weighted by Gasteiger charge is 2.31. The second-order valence-corrected chi connectivity index (χ2v) is 7.13. The maximum atomic E-state index is 3.84. The Morgan fingerprint density at radius 1 is 1.21 bits per heavy atom. The summed E-state index contributed by atoms with van der Waals surface area (Å²) in [4.78, 5) is 2.64. The molecule has 0 aromatic heterocycles. The smallest absolute Gasteiger partial charge is 0.0179 e. The van der Waals surface area contributed by atoms with Crippen LogP contribution in [0.15, 0.2) is 0 Å². The molecule has 0 bridgehead atoms. The summed E-state index contributed by atoms with van der Waals surface area (Å²) in [7, 11) is 0. The fourth-order valence-electron chi connectivity index (χ4n) is 3.96. The molecule has 2 aliphatic rings. The molecule has 2 aliphatic heterocycles. The minimum Gasteiger partial charge on any atom is -0.311 e. The van der Waals surface area contributed by atoms with E-state index in [-0.39, 0.29) is 0 Å². The van der Waals surface area contributed by atoms with E-state index in [2.05, 4.69) is 31.0 Å². The van der Waals surface area contributed by atoms with E-state index in [1.807, 2.05) is 0 Å². The molecule has 0 aromatic rings. The van der Waals surface area contributed by atoms with Gasteiger partial charge >= 0.3 is 0 Å². The van der Waals surface area contributed by atoms with Crippen molar-refractivity contribution in [3.8, 4) is 0 Å². The molecular weight excluding hydrogens is 232 g/mol. The van der Waals surface area contributed by atoms with Gasteiger partial charge in [0.15, 0.2) is 0 Å². The first-order chi connectivity index (χ1) is 9.15. The molecule has 0 saturated carbocycles. The van der Waals surface area contributed by atoms with Gasteiger partial charge in [0.05, 0.1) is 0 Å². The zero-order chi connectivity index (χ0) is 13.7. The lowest BCUT2D eigenvalue weighted by atomic mass is 9.79. The molecule has 112 valence electrons. The molecule has 2 rings (SSSR count). The average molecular weight is 266 g/mol.